The van der Waals surface area contributed by atoms with Crippen LogP contribution < -0.4 is 15.0 Å². The molecule has 2 rings (SSSR count). The van der Waals surface area contributed by atoms with Gasteiger partial charge in [0.15, 0.2) is 0 Å². The van der Waals surface area contributed by atoms with Gasteiger partial charge in [-0.1, -0.05) is 13.0 Å². The molecule has 0 radical (unpaired) electrons. The molecule has 0 saturated carbocycles. The molecule has 5 heteroatoms. The molecule has 0 aliphatic carbocycles. The summed E-state index contributed by atoms with van der Waals surface area (Å²) < 4.78 is 5.29. The summed E-state index contributed by atoms with van der Waals surface area (Å²) >= 11 is 0. The van der Waals surface area contributed by atoms with Crippen molar-refractivity contribution < 1.29 is 14.6 Å². The molecule has 0 unspecified atom stereocenters. The first-order valence-electron chi connectivity index (χ1n) is 8.42. The van der Waals surface area contributed by atoms with Crippen molar-refractivity contribution in [2.75, 3.05) is 25.1 Å². The largest absolute Gasteiger partial charge is 0.497 e. The van der Waals surface area contributed by atoms with Crippen molar-refractivity contribution in [2.24, 2.45) is 5.92 Å². The lowest BCUT2D eigenvalue weighted by Crippen LogP contribution is -2.50. The van der Waals surface area contributed by atoms with Gasteiger partial charge in [-0.15, -0.1) is 0 Å². The minimum Gasteiger partial charge on any atom is -0.497 e. The second-order valence-corrected chi connectivity index (χ2v) is 6.25. The fraction of sp³-hybridized carbons (Fsp3) is 0.611. The lowest BCUT2D eigenvalue weighted by Gasteiger charge is -2.35. The first-order chi connectivity index (χ1) is 11.0. The van der Waals surface area contributed by atoms with Crippen LogP contribution in [0.2, 0.25) is 0 Å². The number of nitrogens with one attached hydrogen (secondary N) is 1. The Morgan fingerprint density at radius 2 is 2.30 bits per heavy atom. The van der Waals surface area contributed by atoms with Gasteiger partial charge in [-0.25, -0.2) is 0 Å². The topological polar surface area (TPSA) is 61.8 Å². The maximum absolute atomic E-state index is 12.3. The summed E-state index contributed by atoms with van der Waals surface area (Å²) in [6.45, 7) is 5.37. The smallest absolute Gasteiger partial charge is 0.225 e. The van der Waals surface area contributed by atoms with Crippen LogP contribution in [-0.2, 0) is 4.79 Å². The van der Waals surface area contributed by atoms with E-state index >= 15 is 0 Å². The molecule has 0 spiro atoms. The number of piperidine rings is 1. The summed E-state index contributed by atoms with van der Waals surface area (Å²) in [6.07, 6.45) is 2.05. The Balaban J connectivity index is 1.99. The highest BCUT2D eigenvalue weighted by atomic mass is 16.5. The number of aliphatic hydroxyl groups excluding tert-OH is 1. The van der Waals surface area contributed by atoms with Gasteiger partial charge in [-0.05, 0) is 38.3 Å². The van der Waals surface area contributed by atoms with E-state index in [0.29, 0.717) is 6.42 Å². The number of ether oxygens (including phenoxy) is 1. The highest BCUT2D eigenvalue weighted by Gasteiger charge is 2.27. The molecule has 1 heterocycles. The molecule has 3 atom stereocenters. The van der Waals surface area contributed by atoms with E-state index in [0.717, 1.165) is 37.4 Å². The zero-order valence-corrected chi connectivity index (χ0v) is 14.3. The Kier molecular flexibility index (Phi) is 6.28. The number of nitrogens with zero attached hydrogens (tertiary/aromatic N) is 1. The third kappa shape index (κ3) is 4.61. The number of methoxy groups -OCH3 is 1. The van der Waals surface area contributed by atoms with E-state index in [-0.39, 0.29) is 17.9 Å². The van der Waals surface area contributed by atoms with E-state index in [9.17, 15) is 9.90 Å². The molecule has 1 aromatic carbocycles. The van der Waals surface area contributed by atoms with E-state index < -0.39 is 6.10 Å². The molecule has 23 heavy (non-hydrogen) atoms. The molecule has 5 nitrogen and oxygen atoms in total. The van der Waals surface area contributed by atoms with Crippen LogP contribution in [0.1, 0.15) is 33.1 Å². The molecule has 1 amide bonds. The monoisotopic (exact) mass is 320 g/mol. The molecule has 2 N–H and O–H groups in total. The lowest BCUT2D eigenvalue weighted by atomic mass is 9.98. The van der Waals surface area contributed by atoms with Crippen LogP contribution in [0.3, 0.4) is 0 Å². The number of benzene rings is 1. The lowest BCUT2D eigenvalue weighted by molar-refractivity contribution is -0.129. The number of hydrogen-bond acceptors (Lipinski definition) is 4. The number of amides is 1. The second kappa shape index (κ2) is 8.20. The van der Waals surface area contributed by atoms with Crippen LogP contribution in [0.4, 0.5) is 5.69 Å². The fourth-order valence-electron chi connectivity index (χ4n) is 3.19. The number of hydrogen-bond donors (Lipinski definition) is 2. The van der Waals surface area contributed by atoms with Crippen molar-refractivity contribution in [2.45, 2.75) is 45.3 Å². The van der Waals surface area contributed by atoms with E-state index in [1.165, 1.54) is 0 Å². The first-order valence-corrected chi connectivity index (χ1v) is 8.42. The Morgan fingerprint density at radius 1 is 1.52 bits per heavy atom. The van der Waals surface area contributed by atoms with Gasteiger partial charge in [0.25, 0.3) is 0 Å². The zero-order chi connectivity index (χ0) is 16.8. The highest BCUT2D eigenvalue weighted by Crippen LogP contribution is 2.24. The molecular formula is C18H28N2O3. The summed E-state index contributed by atoms with van der Waals surface area (Å²) in [4.78, 5) is 14.6. The Hall–Kier alpha value is -1.75. The molecule has 0 bridgehead atoms. The third-order valence-electron chi connectivity index (χ3n) is 4.55. The second-order valence-electron chi connectivity index (χ2n) is 6.25. The standard InChI is InChI=1S/C18H28N2O3/c1-4-17(13(2)21)18(22)19-14-7-6-10-20(12-14)15-8-5-9-16(11-15)23-3/h5,8-9,11,13-14,17,21H,4,6-7,10,12H2,1-3H3,(H,19,22)/t13-,14+,17-/m0/s1. The zero-order valence-electron chi connectivity index (χ0n) is 14.3. The third-order valence-corrected chi connectivity index (χ3v) is 4.55. The van der Waals surface area contributed by atoms with Crippen molar-refractivity contribution in [1.29, 1.82) is 0 Å². The minimum atomic E-state index is -0.613. The number of carbonyl (C=O) groups excluding carboxylic acids is 1. The quantitative estimate of drug-likeness (QED) is 0.843. The van der Waals surface area contributed by atoms with Crippen molar-refractivity contribution in [3.8, 4) is 5.75 Å². The minimum absolute atomic E-state index is 0.0417. The maximum Gasteiger partial charge on any atom is 0.225 e. The summed E-state index contributed by atoms with van der Waals surface area (Å²) in [6, 6.07) is 8.12. The van der Waals surface area contributed by atoms with Gasteiger partial charge in [0.2, 0.25) is 5.91 Å². The van der Waals surface area contributed by atoms with Gasteiger partial charge in [0.05, 0.1) is 19.1 Å². The van der Waals surface area contributed by atoms with Gasteiger partial charge in [-0.2, -0.15) is 0 Å². The van der Waals surface area contributed by atoms with Crippen molar-refractivity contribution in [3.05, 3.63) is 24.3 Å². The molecule has 1 saturated heterocycles. The summed E-state index contributed by atoms with van der Waals surface area (Å²) in [5.74, 6) is 0.469. The summed E-state index contributed by atoms with van der Waals surface area (Å²) in [5, 5.41) is 12.8. The van der Waals surface area contributed by atoms with E-state index in [4.69, 9.17) is 4.74 Å². The van der Waals surface area contributed by atoms with Crippen LogP contribution in [0, 0.1) is 5.92 Å². The molecule has 1 aromatic rings. The van der Waals surface area contributed by atoms with E-state index in [2.05, 4.69) is 16.3 Å². The van der Waals surface area contributed by atoms with Crippen LogP contribution in [0.15, 0.2) is 24.3 Å². The van der Waals surface area contributed by atoms with E-state index in [1.54, 1.807) is 14.0 Å². The Morgan fingerprint density at radius 3 is 2.96 bits per heavy atom. The summed E-state index contributed by atoms with van der Waals surface area (Å²) in [5.41, 5.74) is 1.12. The Bertz CT molecular complexity index is 519. The highest BCUT2D eigenvalue weighted by molar-refractivity contribution is 5.79. The average molecular weight is 320 g/mol. The fourth-order valence-corrected chi connectivity index (χ4v) is 3.19. The van der Waals surface area contributed by atoms with Crippen LogP contribution >= 0.6 is 0 Å². The van der Waals surface area contributed by atoms with Gasteiger partial charge in [0.1, 0.15) is 5.75 Å². The maximum atomic E-state index is 12.3. The van der Waals surface area contributed by atoms with Gasteiger partial charge in [0, 0.05) is 30.9 Å². The Labute approximate surface area is 138 Å². The molecule has 1 fully saturated rings. The average Bonchev–Trinajstić information content (AvgIpc) is 2.55. The van der Waals surface area contributed by atoms with Gasteiger partial charge < -0.3 is 20.1 Å². The molecule has 1 aliphatic rings. The van der Waals surface area contributed by atoms with Crippen LogP contribution in [-0.4, -0.2) is 43.4 Å². The number of aliphatic hydroxyl groups is 1. The molecule has 0 aromatic heterocycles. The molecule has 128 valence electrons. The number of anilines is 1. The first kappa shape index (κ1) is 17.6. The van der Waals surface area contributed by atoms with Gasteiger partial charge in [-0.3, -0.25) is 4.79 Å². The predicted molar refractivity (Wildman–Crippen MR) is 91.8 cm³/mol. The summed E-state index contributed by atoms with van der Waals surface area (Å²) in [7, 11) is 1.67. The number of carbonyl (C=O) groups is 1. The van der Waals surface area contributed by atoms with Crippen LogP contribution in [0.5, 0.6) is 5.75 Å². The molecule has 1 aliphatic heterocycles. The van der Waals surface area contributed by atoms with E-state index in [1.807, 2.05) is 25.1 Å². The van der Waals surface area contributed by atoms with Crippen molar-refractivity contribution in [3.63, 3.8) is 0 Å². The van der Waals surface area contributed by atoms with Crippen LogP contribution in [0.25, 0.3) is 0 Å². The van der Waals surface area contributed by atoms with Crippen molar-refractivity contribution in [1.82, 2.24) is 5.32 Å². The van der Waals surface area contributed by atoms with Crippen molar-refractivity contribution >= 4 is 11.6 Å². The van der Waals surface area contributed by atoms with Gasteiger partial charge >= 0.3 is 0 Å². The SMILES string of the molecule is CC[C@H](C(=O)N[C@@H]1CCCN(c2cccc(OC)c2)C1)[C@H](C)O. The molecular weight excluding hydrogens is 292 g/mol. The number of rotatable bonds is 6. The normalized spacial score (nSPS) is 20.7. The predicted octanol–water partition coefficient (Wildman–Crippen LogP) is 2.19.